The highest BCUT2D eigenvalue weighted by Crippen LogP contribution is 2.61. The minimum atomic E-state index is -0.630. The summed E-state index contributed by atoms with van der Waals surface area (Å²) in [5.41, 5.74) is 8.99. The first kappa shape index (κ1) is 19.1. The molecular weight excluding hydrogens is 392 g/mol. The highest BCUT2D eigenvalue weighted by molar-refractivity contribution is 6.05. The summed E-state index contributed by atoms with van der Waals surface area (Å²) >= 11 is 0. The lowest BCUT2D eigenvalue weighted by Gasteiger charge is -2.40. The van der Waals surface area contributed by atoms with E-state index in [2.05, 4.69) is 85.0 Å². The third-order valence-electron chi connectivity index (χ3n) is 7.16. The molecule has 0 heterocycles. The molecule has 0 saturated heterocycles. The van der Waals surface area contributed by atoms with Gasteiger partial charge >= 0.3 is 5.97 Å². The summed E-state index contributed by atoms with van der Waals surface area (Å²) in [6.07, 6.45) is 15.9. The minimum absolute atomic E-state index is 0.148. The molecule has 2 nitrogen and oxygen atoms in total. The van der Waals surface area contributed by atoms with Gasteiger partial charge in [0.1, 0.15) is 5.76 Å². The Kier molecular flexibility index (Phi) is 4.13. The summed E-state index contributed by atoms with van der Waals surface area (Å²) in [5, 5.41) is 0. The largest absolute Gasteiger partial charge is 0.429 e. The number of esters is 1. The molecule has 0 fully saturated rings. The van der Waals surface area contributed by atoms with Gasteiger partial charge in [0.05, 0.1) is 11.3 Å². The molecule has 0 amide bonds. The van der Waals surface area contributed by atoms with Crippen LogP contribution in [0.1, 0.15) is 42.5 Å². The van der Waals surface area contributed by atoms with Crippen molar-refractivity contribution in [1.29, 1.82) is 0 Å². The average molecular weight is 417 g/mol. The van der Waals surface area contributed by atoms with Crippen LogP contribution in [0.15, 0.2) is 95.8 Å². The lowest BCUT2D eigenvalue weighted by atomic mass is 9.64. The van der Waals surface area contributed by atoms with Gasteiger partial charge < -0.3 is 4.74 Å². The van der Waals surface area contributed by atoms with Crippen molar-refractivity contribution >= 4 is 29.3 Å². The molecule has 0 N–H and O–H groups in total. The zero-order chi connectivity index (χ0) is 21.9. The predicted octanol–water partition coefficient (Wildman–Crippen LogP) is 6.99. The van der Waals surface area contributed by atoms with Crippen LogP contribution in [0.25, 0.3) is 23.3 Å². The number of fused-ring (bicyclic) bond motifs is 8. The standard InChI is InChI=1S/C30H24O2/c1-3-19(2)29(31)32-28-15-14-25-23-12-7-5-10-21(23)18-27(25)30(28)16-8-13-24-22-11-6-4-9-20(22)17-26(24)30/h4-19H,3H2,1-2H3. The molecule has 6 rings (SSSR count). The number of allylic oxidation sites excluding steroid dienone is 7. The maximum absolute atomic E-state index is 12.9. The van der Waals surface area contributed by atoms with E-state index in [9.17, 15) is 4.79 Å². The molecular formula is C30H24O2. The molecule has 0 aromatic heterocycles. The van der Waals surface area contributed by atoms with Crippen LogP contribution in [0.2, 0.25) is 0 Å². The number of ether oxygens (including phenoxy) is 1. The van der Waals surface area contributed by atoms with Crippen LogP contribution < -0.4 is 0 Å². The molecule has 2 aromatic rings. The molecule has 2 atom stereocenters. The Morgan fingerprint density at radius 2 is 1.47 bits per heavy atom. The minimum Gasteiger partial charge on any atom is -0.429 e. The van der Waals surface area contributed by atoms with E-state index < -0.39 is 5.41 Å². The van der Waals surface area contributed by atoms with Crippen LogP contribution >= 0.6 is 0 Å². The van der Waals surface area contributed by atoms with Crippen molar-refractivity contribution in [3.8, 4) is 0 Å². The summed E-state index contributed by atoms with van der Waals surface area (Å²) in [7, 11) is 0. The van der Waals surface area contributed by atoms with E-state index in [1.165, 1.54) is 44.5 Å². The SMILES string of the molecule is CCC(C)C(=O)OC1=CC=C2C(=Cc3ccccc32)C12C=CC=C1C2=Cc2ccccc21. The molecule has 0 bridgehead atoms. The Morgan fingerprint density at radius 1 is 0.875 bits per heavy atom. The van der Waals surface area contributed by atoms with Crippen molar-refractivity contribution in [3.63, 3.8) is 0 Å². The maximum atomic E-state index is 12.9. The van der Waals surface area contributed by atoms with E-state index in [0.29, 0.717) is 5.76 Å². The molecule has 2 unspecified atom stereocenters. The Balaban J connectivity index is 1.57. The van der Waals surface area contributed by atoms with Crippen molar-refractivity contribution in [3.05, 3.63) is 118 Å². The van der Waals surface area contributed by atoms with Gasteiger partial charge in [-0.3, -0.25) is 4.79 Å². The molecule has 4 aliphatic carbocycles. The number of benzene rings is 2. The van der Waals surface area contributed by atoms with Crippen LogP contribution in [0.5, 0.6) is 0 Å². The van der Waals surface area contributed by atoms with Gasteiger partial charge in [0.15, 0.2) is 0 Å². The third-order valence-corrected chi connectivity index (χ3v) is 7.16. The zero-order valence-electron chi connectivity index (χ0n) is 18.3. The Morgan fingerprint density at radius 3 is 2.09 bits per heavy atom. The van der Waals surface area contributed by atoms with Crippen LogP contribution in [-0.4, -0.2) is 5.97 Å². The van der Waals surface area contributed by atoms with Crippen LogP contribution in [-0.2, 0) is 9.53 Å². The molecule has 4 aliphatic rings. The van der Waals surface area contributed by atoms with E-state index in [4.69, 9.17) is 4.74 Å². The Labute approximate surface area is 188 Å². The topological polar surface area (TPSA) is 26.3 Å². The van der Waals surface area contributed by atoms with Gasteiger partial charge in [0.25, 0.3) is 0 Å². The first-order valence-corrected chi connectivity index (χ1v) is 11.3. The van der Waals surface area contributed by atoms with Gasteiger partial charge in [0.2, 0.25) is 0 Å². The highest BCUT2D eigenvalue weighted by atomic mass is 16.5. The van der Waals surface area contributed by atoms with Crippen molar-refractivity contribution < 1.29 is 9.53 Å². The van der Waals surface area contributed by atoms with Gasteiger partial charge in [-0.25, -0.2) is 0 Å². The molecule has 2 heteroatoms. The normalized spacial score (nSPS) is 22.5. The fourth-order valence-electron chi connectivity index (χ4n) is 5.25. The van der Waals surface area contributed by atoms with Gasteiger partial charge in [-0.2, -0.15) is 0 Å². The number of hydrogen-bond acceptors (Lipinski definition) is 2. The molecule has 0 radical (unpaired) electrons. The molecule has 0 aliphatic heterocycles. The summed E-state index contributed by atoms with van der Waals surface area (Å²) in [5.74, 6) is 0.364. The van der Waals surface area contributed by atoms with Crippen LogP contribution in [0.4, 0.5) is 0 Å². The van der Waals surface area contributed by atoms with Crippen LogP contribution in [0, 0.1) is 11.3 Å². The number of hydrogen-bond donors (Lipinski definition) is 0. The first-order chi connectivity index (χ1) is 15.6. The zero-order valence-corrected chi connectivity index (χ0v) is 18.3. The van der Waals surface area contributed by atoms with Crippen molar-refractivity contribution in [2.45, 2.75) is 20.3 Å². The lowest BCUT2D eigenvalue weighted by Crippen LogP contribution is -2.32. The number of carbonyl (C=O) groups is 1. The second-order valence-corrected chi connectivity index (χ2v) is 8.88. The fourth-order valence-corrected chi connectivity index (χ4v) is 5.25. The number of carbonyl (C=O) groups excluding carboxylic acids is 1. The van der Waals surface area contributed by atoms with E-state index >= 15 is 0 Å². The van der Waals surface area contributed by atoms with E-state index in [-0.39, 0.29) is 11.9 Å². The second kappa shape index (κ2) is 6.93. The van der Waals surface area contributed by atoms with Gasteiger partial charge in [-0.05, 0) is 69.2 Å². The van der Waals surface area contributed by atoms with Crippen molar-refractivity contribution in [2.24, 2.45) is 11.3 Å². The predicted molar refractivity (Wildman–Crippen MR) is 130 cm³/mol. The van der Waals surface area contributed by atoms with Crippen LogP contribution in [0.3, 0.4) is 0 Å². The average Bonchev–Trinajstić information content (AvgIpc) is 3.40. The molecule has 1 spiro atoms. The van der Waals surface area contributed by atoms with E-state index in [0.717, 1.165) is 6.42 Å². The summed E-state index contributed by atoms with van der Waals surface area (Å²) in [6, 6.07) is 17.0. The van der Waals surface area contributed by atoms with E-state index in [1.807, 2.05) is 19.9 Å². The fraction of sp³-hybridized carbons (Fsp3) is 0.167. The molecule has 2 aromatic carbocycles. The van der Waals surface area contributed by atoms with Crippen molar-refractivity contribution in [2.75, 3.05) is 0 Å². The first-order valence-electron chi connectivity index (χ1n) is 11.3. The number of rotatable bonds is 3. The monoisotopic (exact) mass is 416 g/mol. The molecule has 0 saturated carbocycles. The molecule has 32 heavy (non-hydrogen) atoms. The van der Waals surface area contributed by atoms with Gasteiger partial charge in [-0.1, -0.05) is 86.7 Å². The quantitative estimate of drug-likeness (QED) is 0.504. The lowest BCUT2D eigenvalue weighted by molar-refractivity contribution is -0.144. The highest BCUT2D eigenvalue weighted by Gasteiger charge is 2.50. The second-order valence-electron chi connectivity index (χ2n) is 8.88. The molecule has 156 valence electrons. The third kappa shape index (κ3) is 2.50. The van der Waals surface area contributed by atoms with Gasteiger partial charge in [0, 0.05) is 0 Å². The maximum Gasteiger partial charge on any atom is 0.313 e. The smallest absolute Gasteiger partial charge is 0.313 e. The van der Waals surface area contributed by atoms with E-state index in [1.54, 1.807) is 0 Å². The summed E-state index contributed by atoms with van der Waals surface area (Å²) < 4.78 is 6.17. The van der Waals surface area contributed by atoms with Crippen molar-refractivity contribution in [1.82, 2.24) is 0 Å². The van der Waals surface area contributed by atoms with Gasteiger partial charge in [-0.15, -0.1) is 0 Å². The Hall–Kier alpha value is -3.65. The summed E-state index contributed by atoms with van der Waals surface area (Å²) in [6.45, 7) is 3.94. The summed E-state index contributed by atoms with van der Waals surface area (Å²) in [4.78, 5) is 12.9. The Bertz CT molecular complexity index is 1340.